The van der Waals surface area contributed by atoms with Crippen LogP contribution in [0.5, 0.6) is 0 Å². The normalized spacial score (nSPS) is 11.5. The molecule has 0 saturated carbocycles. The van der Waals surface area contributed by atoms with Gasteiger partial charge in [-0.2, -0.15) is 4.99 Å². The van der Waals surface area contributed by atoms with Gasteiger partial charge in [-0.1, -0.05) is 0 Å². The Morgan fingerprint density at radius 3 is 2.76 bits per heavy atom. The summed E-state index contributed by atoms with van der Waals surface area (Å²) >= 11 is 1.27. The number of amides is 2. The van der Waals surface area contributed by atoms with Gasteiger partial charge < -0.3 is 9.88 Å². The highest BCUT2D eigenvalue weighted by molar-refractivity contribution is 7.07. The monoisotopic (exact) mass is 311 g/mol. The molecule has 21 heavy (non-hydrogen) atoms. The zero-order chi connectivity index (χ0) is 15.4. The number of carbonyl (C=O) groups is 2. The lowest BCUT2D eigenvalue weighted by Crippen LogP contribution is -2.30. The second-order valence-corrected chi connectivity index (χ2v) is 4.98. The van der Waals surface area contributed by atoms with Crippen molar-refractivity contribution in [1.29, 1.82) is 0 Å². The predicted octanol–water partition coefficient (Wildman–Crippen LogP) is 1.22. The summed E-state index contributed by atoms with van der Waals surface area (Å²) in [7, 11) is 1.73. The van der Waals surface area contributed by atoms with Gasteiger partial charge >= 0.3 is 0 Å². The molecule has 0 fully saturated rings. The van der Waals surface area contributed by atoms with Gasteiger partial charge in [0.15, 0.2) is 4.80 Å². The van der Waals surface area contributed by atoms with E-state index in [1.807, 2.05) is 0 Å². The standard InChI is InChI=1S/C13H11F2N3O2S/c1-18-4-5-21-13(18)17-11(19)7-16-12(20)9-3-2-8(14)6-10(9)15/h2-6H,7H2,1H3,(H,16,20). The van der Waals surface area contributed by atoms with Crippen molar-refractivity contribution in [2.45, 2.75) is 0 Å². The van der Waals surface area contributed by atoms with Crippen molar-refractivity contribution in [3.05, 3.63) is 51.8 Å². The summed E-state index contributed by atoms with van der Waals surface area (Å²) in [5, 5.41) is 4.00. The van der Waals surface area contributed by atoms with E-state index in [9.17, 15) is 18.4 Å². The maximum atomic E-state index is 13.4. The Hall–Kier alpha value is -2.35. The van der Waals surface area contributed by atoms with Crippen molar-refractivity contribution in [3.8, 4) is 0 Å². The van der Waals surface area contributed by atoms with Crippen LogP contribution < -0.4 is 10.1 Å². The Bertz CT molecular complexity index is 752. The summed E-state index contributed by atoms with van der Waals surface area (Å²) in [6.45, 7) is -0.368. The minimum atomic E-state index is -0.985. The number of thiazole rings is 1. The lowest BCUT2D eigenvalue weighted by atomic mass is 10.2. The van der Waals surface area contributed by atoms with Gasteiger partial charge in [0.05, 0.1) is 12.1 Å². The molecule has 1 aromatic heterocycles. The number of halogens is 2. The van der Waals surface area contributed by atoms with Gasteiger partial charge in [-0.05, 0) is 12.1 Å². The summed E-state index contributed by atoms with van der Waals surface area (Å²) in [4.78, 5) is 27.6. The molecular formula is C13H11F2N3O2S. The fourth-order valence-corrected chi connectivity index (χ4v) is 2.25. The molecule has 2 aromatic rings. The fraction of sp³-hybridized carbons (Fsp3) is 0.154. The van der Waals surface area contributed by atoms with Crippen LogP contribution in [0.2, 0.25) is 0 Å². The minimum absolute atomic E-state index is 0.328. The van der Waals surface area contributed by atoms with Gasteiger partial charge in [0.1, 0.15) is 11.6 Å². The average Bonchev–Trinajstić information content (AvgIpc) is 2.81. The Balaban J connectivity index is 2.01. The lowest BCUT2D eigenvalue weighted by Gasteiger charge is -2.03. The second kappa shape index (κ2) is 6.40. The summed E-state index contributed by atoms with van der Waals surface area (Å²) in [5.74, 6) is -3.13. The third-order valence-electron chi connectivity index (χ3n) is 2.56. The molecule has 0 radical (unpaired) electrons. The molecule has 8 heteroatoms. The van der Waals surface area contributed by atoms with Crippen LogP contribution in [0.1, 0.15) is 10.4 Å². The fourth-order valence-electron chi connectivity index (χ4n) is 1.51. The van der Waals surface area contributed by atoms with Gasteiger partial charge in [0.25, 0.3) is 11.8 Å². The number of carbonyl (C=O) groups excluding carboxylic acids is 2. The Morgan fingerprint density at radius 1 is 1.38 bits per heavy atom. The number of nitrogens with zero attached hydrogens (tertiary/aromatic N) is 2. The average molecular weight is 311 g/mol. The number of benzene rings is 1. The predicted molar refractivity (Wildman–Crippen MR) is 72.6 cm³/mol. The maximum absolute atomic E-state index is 13.4. The van der Waals surface area contributed by atoms with Gasteiger partial charge in [0, 0.05) is 24.7 Å². The molecule has 0 aliphatic carbocycles. The van der Waals surface area contributed by atoms with Crippen LogP contribution in [0.15, 0.2) is 34.8 Å². The van der Waals surface area contributed by atoms with E-state index >= 15 is 0 Å². The molecule has 1 aromatic carbocycles. The first kappa shape index (κ1) is 15.0. The van der Waals surface area contributed by atoms with E-state index in [-0.39, 0.29) is 12.1 Å². The Kier molecular flexibility index (Phi) is 4.59. The zero-order valence-electron chi connectivity index (χ0n) is 11.0. The van der Waals surface area contributed by atoms with Crippen LogP contribution >= 0.6 is 11.3 Å². The number of aromatic nitrogens is 1. The smallest absolute Gasteiger partial charge is 0.267 e. The molecule has 0 aliphatic heterocycles. The van der Waals surface area contributed by atoms with Crippen molar-refractivity contribution < 1.29 is 18.4 Å². The van der Waals surface area contributed by atoms with Gasteiger partial charge in [-0.3, -0.25) is 9.59 Å². The van der Waals surface area contributed by atoms with Crippen LogP contribution in [-0.2, 0) is 11.8 Å². The zero-order valence-corrected chi connectivity index (χ0v) is 11.8. The molecule has 0 aliphatic rings. The molecule has 0 atom stereocenters. The molecule has 0 spiro atoms. The molecule has 1 N–H and O–H groups in total. The van der Waals surface area contributed by atoms with E-state index < -0.39 is 23.4 Å². The molecule has 110 valence electrons. The maximum Gasteiger partial charge on any atom is 0.267 e. The van der Waals surface area contributed by atoms with E-state index in [1.54, 1.807) is 23.2 Å². The largest absolute Gasteiger partial charge is 0.343 e. The van der Waals surface area contributed by atoms with Crippen LogP contribution in [0.3, 0.4) is 0 Å². The molecule has 0 bridgehead atoms. The van der Waals surface area contributed by atoms with Crippen LogP contribution in [-0.4, -0.2) is 22.9 Å². The number of hydrogen-bond donors (Lipinski definition) is 1. The van der Waals surface area contributed by atoms with Crippen LogP contribution in [0.25, 0.3) is 0 Å². The molecule has 5 nitrogen and oxygen atoms in total. The van der Waals surface area contributed by atoms with E-state index in [1.165, 1.54) is 11.3 Å². The number of hydrogen-bond acceptors (Lipinski definition) is 3. The van der Waals surface area contributed by atoms with Crippen molar-refractivity contribution in [1.82, 2.24) is 9.88 Å². The summed E-state index contributed by atoms with van der Waals surface area (Å²) in [6.07, 6.45) is 1.74. The lowest BCUT2D eigenvalue weighted by molar-refractivity contribution is -0.117. The van der Waals surface area contributed by atoms with E-state index in [0.29, 0.717) is 10.9 Å². The van der Waals surface area contributed by atoms with Gasteiger partial charge in [-0.25, -0.2) is 8.78 Å². The van der Waals surface area contributed by atoms with Gasteiger partial charge in [0.2, 0.25) is 0 Å². The first-order valence-electron chi connectivity index (χ1n) is 5.88. The molecule has 2 rings (SSSR count). The number of nitrogens with one attached hydrogen (secondary N) is 1. The highest BCUT2D eigenvalue weighted by Gasteiger charge is 2.13. The molecule has 0 unspecified atom stereocenters. The molecule has 2 amide bonds. The van der Waals surface area contributed by atoms with Crippen molar-refractivity contribution >= 4 is 23.2 Å². The number of rotatable bonds is 3. The van der Waals surface area contributed by atoms with E-state index in [0.717, 1.165) is 12.1 Å². The SMILES string of the molecule is Cn1ccsc1=NC(=O)CNC(=O)c1ccc(F)cc1F. The van der Waals surface area contributed by atoms with E-state index in [2.05, 4.69) is 10.3 Å². The first-order chi connectivity index (χ1) is 9.97. The topological polar surface area (TPSA) is 63.5 Å². The Morgan fingerprint density at radius 2 is 2.14 bits per heavy atom. The second-order valence-electron chi connectivity index (χ2n) is 4.11. The molecule has 0 saturated heterocycles. The molecular weight excluding hydrogens is 300 g/mol. The number of aryl methyl sites for hydroxylation is 1. The highest BCUT2D eigenvalue weighted by atomic mass is 32.1. The molecule has 1 heterocycles. The Labute approximate surface area is 122 Å². The summed E-state index contributed by atoms with van der Waals surface area (Å²) < 4.78 is 27.8. The van der Waals surface area contributed by atoms with E-state index in [4.69, 9.17) is 0 Å². The van der Waals surface area contributed by atoms with Crippen molar-refractivity contribution in [3.63, 3.8) is 0 Å². The minimum Gasteiger partial charge on any atom is -0.343 e. The highest BCUT2D eigenvalue weighted by Crippen LogP contribution is 2.09. The van der Waals surface area contributed by atoms with Gasteiger partial charge in [-0.15, -0.1) is 11.3 Å². The van der Waals surface area contributed by atoms with Crippen LogP contribution in [0, 0.1) is 11.6 Å². The van der Waals surface area contributed by atoms with Crippen LogP contribution in [0.4, 0.5) is 8.78 Å². The quantitative estimate of drug-likeness (QED) is 0.926. The van der Waals surface area contributed by atoms with Crippen molar-refractivity contribution in [2.75, 3.05) is 6.54 Å². The third kappa shape index (κ3) is 3.82. The third-order valence-corrected chi connectivity index (χ3v) is 3.40. The summed E-state index contributed by atoms with van der Waals surface area (Å²) in [6, 6.07) is 2.59. The summed E-state index contributed by atoms with van der Waals surface area (Å²) in [5.41, 5.74) is -0.328. The van der Waals surface area contributed by atoms with Crippen molar-refractivity contribution in [2.24, 2.45) is 12.0 Å². The first-order valence-corrected chi connectivity index (χ1v) is 6.76.